The van der Waals surface area contributed by atoms with Gasteiger partial charge in [0.2, 0.25) is 0 Å². The number of sulfone groups is 1. The summed E-state index contributed by atoms with van der Waals surface area (Å²) in [6, 6.07) is 21.4. The Morgan fingerprint density at radius 3 is 2.21 bits per heavy atom. The first-order valence-electron chi connectivity index (χ1n) is 8.65. The number of carboxylic acids is 1. The van der Waals surface area contributed by atoms with Gasteiger partial charge in [-0.3, -0.25) is 4.79 Å². The summed E-state index contributed by atoms with van der Waals surface area (Å²) in [5, 5.41) is 9.08. The van der Waals surface area contributed by atoms with Crippen LogP contribution in [0.5, 0.6) is 5.75 Å². The summed E-state index contributed by atoms with van der Waals surface area (Å²) in [4.78, 5) is 11.3. The van der Waals surface area contributed by atoms with Gasteiger partial charge >= 0.3 is 5.97 Å². The fraction of sp³-hybridized carbons (Fsp3) is 0.136. The quantitative estimate of drug-likeness (QED) is 0.654. The van der Waals surface area contributed by atoms with Crippen LogP contribution in [-0.4, -0.2) is 25.7 Å². The van der Waals surface area contributed by atoms with E-state index in [0.717, 1.165) is 22.9 Å². The highest BCUT2D eigenvalue weighted by atomic mass is 32.2. The first-order chi connectivity index (χ1) is 13.3. The summed E-state index contributed by atoms with van der Waals surface area (Å²) in [6.07, 6.45) is 1.05. The van der Waals surface area contributed by atoms with Gasteiger partial charge in [0.15, 0.2) is 9.84 Å². The maximum Gasteiger partial charge on any atom is 0.307 e. The van der Waals surface area contributed by atoms with Crippen LogP contribution in [0, 0.1) is 0 Å². The molecule has 0 radical (unpaired) electrons. The van der Waals surface area contributed by atoms with Gasteiger partial charge in [-0.15, -0.1) is 0 Å². The Balaban J connectivity index is 1.96. The minimum absolute atomic E-state index is 0.104. The Kier molecular flexibility index (Phi) is 5.80. The second-order valence-electron chi connectivity index (χ2n) is 6.47. The predicted octanol–water partition coefficient (Wildman–Crippen LogP) is 3.96. The zero-order valence-corrected chi connectivity index (χ0v) is 16.1. The van der Waals surface area contributed by atoms with Gasteiger partial charge in [-0.05, 0) is 41.0 Å². The van der Waals surface area contributed by atoms with Gasteiger partial charge in [0.1, 0.15) is 12.4 Å². The van der Waals surface area contributed by atoms with E-state index in [1.807, 2.05) is 30.3 Å². The SMILES string of the molecule is CS(=O)(=O)c1ccc(-c2cc(CC(=O)O)ccc2OCc2ccccc2)cc1. The van der Waals surface area contributed by atoms with Crippen LogP contribution in [0.25, 0.3) is 11.1 Å². The summed E-state index contributed by atoms with van der Waals surface area (Å²) < 4.78 is 29.4. The first kappa shape index (κ1) is 19.6. The molecule has 0 aliphatic rings. The van der Waals surface area contributed by atoms with Gasteiger partial charge in [0, 0.05) is 11.8 Å². The monoisotopic (exact) mass is 396 g/mol. The minimum Gasteiger partial charge on any atom is -0.488 e. The van der Waals surface area contributed by atoms with Gasteiger partial charge in [-0.1, -0.05) is 48.5 Å². The Morgan fingerprint density at radius 2 is 1.61 bits per heavy atom. The van der Waals surface area contributed by atoms with Crippen LogP contribution in [0.2, 0.25) is 0 Å². The zero-order chi connectivity index (χ0) is 20.1. The lowest BCUT2D eigenvalue weighted by Gasteiger charge is -2.14. The van der Waals surface area contributed by atoms with Gasteiger partial charge < -0.3 is 9.84 Å². The van der Waals surface area contributed by atoms with Crippen molar-refractivity contribution in [3.05, 3.63) is 83.9 Å². The molecule has 0 amide bonds. The van der Waals surface area contributed by atoms with E-state index in [0.29, 0.717) is 17.9 Å². The highest BCUT2D eigenvalue weighted by Crippen LogP contribution is 2.32. The third kappa shape index (κ3) is 4.98. The minimum atomic E-state index is -3.29. The number of carbonyl (C=O) groups is 1. The van der Waals surface area contributed by atoms with E-state index >= 15 is 0 Å². The number of rotatable bonds is 7. The normalized spacial score (nSPS) is 11.2. The summed E-state index contributed by atoms with van der Waals surface area (Å²) in [5.41, 5.74) is 3.12. The van der Waals surface area contributed by atoms with Gasteiger partial charge in [0.05, 0.1) is 11.3 Å². The Bertz CT molecular complexity index is 1070. The van der Waals surface area contributed by atoms with E-state index in [2.05, 4.69) is 0 Å². The fourth-order valence-corrected chi connectivity index (χ4v) is 3.46. The van der Waals surface area contributed by atoms with Crippen LogP contribution < -0.4 is 4.74 Å². The molecule has 0 spiro atoms. The Labute approximate surface area is 164 Å². The van der Waals surface area contributed by atoms with Crippen molar-refractivity contribution in [2.24, 2.45) is 0 Å². The molecule has 1 N–H and O–H groups in total. The van der Waals surface area contributed by atoms with E-state index in [1.54, 1.807) is 30.3 Å². The van der Waals surface area contributed by atoms with E-state index in [4.69, 9.17) is 9.84 Å². The summed E-state index contributed by atoms with van der Waals surface area (Å²) in [6.45, 7) is 0.369. The summed E-state index contributed by atoms with van der Waals surface area (Å²) >= 11 is 0. The molecule has 0 saturated carbocycles. The highest BCUT2D eigenvalue weighted by Gasteiger charge is 2.12. The molecule has 6 heteroatoms. The molecule has 0 saturated heterocycles. The molecule has 3 aromatic rings. The van der Waals surface area contributed by atoms with Crippen LogP contribution in [-0.2, 0) is 27.7 Å². The van der Waals surface area contributed by atoms with Gasteiger partial charge in [-0.2, -0.15) is 0 Å². The van der Waals surface area contributed by atoms with Crippen molar-refractivity contribution in [3.8, 4) is 16.9 Å². The van der Waals surface area contributed by atoms with Crippen LogP contribution in [0.15, 0.2) is 77.7 Å². The molecule has 0 fully saturated rings. The van der Waals surface area contributed by atoms with Gasteiger partial charge in [-0.25, -0.2) is 8.42 Å². The molecule has 5 nitrogen and oxygen atoms in total. The van der Waals surface area contributed by atoms with E-state index < -0.39 is 15.8 Å². The molecule has 0 aliphatic heterocycles. The standard InChI is InChI=1S/C22H20O5S/c1-28(25,26)19-10-8-18(9-11-19)20-13-17(14-22(23)24)7-12-21(20)27-15-16-5-3-2-4-6-16/h2-13H,14-15H2,1H3,(H,23,24). The topological polar surface area (TPSA) is 80.7 Å². The molecular formula is C22H20O5S. The van der Waals surface area contributed by atoms with Crippen molar-refractivity contribution in [1.29, 1.82) is 0 Å². The van der Waals surface area contributed by atoms with Crippen molar-refractivity contribution in [2.45, 2.75) is 17.9 Å². The van der Waals surface area contributed by atoms with Crippen molar-refractivity contribution in [2.75, 3.05) is 6.26 Å². The highest BCUT2D eigenvalue weighted by molar-refractivity contribution is 7.90. The molecule has 0 atom stereocenters. The lowest BCUT2D eigenvalue weighted by Crippen LogP contribution is -2.02. The Hall–Kier alpha value is -3.12. The van der Waals surface area contributed by atoms with E-state index in [1.165, 1.54) is 12.1 Å². The smallest absolute Gasteiger partial charge is 0.307 e. The van der Waals surface area contributed by atoms with Crippen LogP contribution in [0.1, 0.15) is 11.1 Å². The van der Waals surface area contributed by atoms with Crippen LogP contribution in [0.3, 0.4) is 0 Å². The van der Waals surface area contributed by atoms with Crippen molar-refractivity contribution in [3.63, 3.8) is 0 Å². The van der Waals surface area contributed by atoms with E-state index in [9.17, 15) is 13.2 Å². The van der Waals surface area contributed by atoms with Crippen molar-refractivity contribution >= 4 is 15.8 Å². The number of carboxylic acid groups (broad SMARTS) is 1. The molecule has 0 aliphatic carbocycles. The summed E-state index contributed by atoms with van der Waals surface area (Å²) in [5.74, 6) is -0.318. The maximum absolute atomic E-state index is 11.7. The molecule has 0 bridgehead atoms. The number of benzene rings is 3. The number of hydrogen-bond acceptors (Lipinski definition) is 4. The second kappa shape index (κ2) is 8.27. The molecule has 0 unspecified atom stereocenters. The molecule has 0 aromatic heterocycles. The average molecular weight is 396 g/mol. The molecule has 144 valence electrons. The van der Waals surface area contributed by atoms with Crippen molar-refractivity contribution in [1.82, 2.24) is 0 Å². The average Bonchev–Trinajstić information content (AvgIpc) is 2.67. The number of hydrogen-bond donors (Lipinski definition) is 1. The molecule has 3 aromatic carbocycles. The lowest BCUT2D eigenvalue weighted by molar-refractivity contribution is -0.136. The predicted molar refractivity (Wildman–Crippen MR) is 107 cm³/mol. The first-order valence-corrected chi connectivity index (χ1v) is 10.5. The largest absolute Gasteiger partial charge is 0.488 e. The summed E-state index contributed by atoms with van der Waals surface area (Å²) in [7, 11) is -3.29. The zero-order valence-electron chi connectivity index (χ0n) is 15.3. The fourth-order valence-electron chi connectivity index (χ4n) is 2.83. The third-order valence-electron chi connectivity index (χ3n) is 4.23. The Morgan fingerprint density at radius 1 is 0.929 bits per heavy atom. The van der Waals surface area contributed by atoms with Crippen molar-refractivity contribution < 1.29 is 23.1 Å². The van der Waals surface area contributed by atoms with Crippen LogP contribution >= 0.6 is 0 Å². The van der Waals surface area contributed by atoms with Gasteiger partial charge in [0.25, 0.3) is 0 Å². The van der Waals surface area contributed by atoms with Crippen LogP contribution in [0.4, 0.5) is 0 Å². The van der Waals surface area contributed by atoms with E-state index in [-0.39, 0.29) is 11.3 Å². The number of ether oxygens (including phenoxy) is 1. The molecule has 28 heavy (non-hydrogen) atoms. The maximum atomic E-state index is 11.7. The molecule has 3 rings (SSSR count). The second-order valence-corrected chi connectivity index (χ2v) is 8.49. The molecular weight excluding hydrogens is 376 g/mol. The third-order valence-corrected chi connectivity index (χ3v) is 5.36. The molecule has 0 heterocycles. The lowest BCUT2D eigenvalue weighted by atomic mass is 10.0. The number of aliphatic carboxylic acids is 1.